The number of hydrogen-bond acceptors (Lipinski definition) is 4. The molecule has 1 aliphatic carbocycles. The highest BCUT2D eigenvalue weighted by Crippen LogP contribution is 2.36. The molecule has 1 atom stereocenters. The van der Waals surface area contributed by atoms with Crippen molar-refractivity contribution in [3.05, 3.63) is 83.4 Å². The minimum Gasteiger partial charge on any atom is -0.396 e. The van der Waals surface area contributed by atoms with Crippen molar-refractivity contribution < 1.29 is 9.90 Å². The summed E-state index contributed by atoms with van der Waals surface area (Å²) in [5.74, 6) is 0.402. The third-order valence-electron chi connectivity index (χ3n) is 6.92. The quantitative estimate of drug-likeness (QED) is 0.298. The van der Waals surface area contributed by atoms with Gasteiger partial charge in [-0.15, -0.1) is 11.3 Å². The van der Waals surface area contributed by atoms with Crippen LogP contribution in [0.4, 0.5) is 5.13 Å². The molecule has 1 unspecified atom stereocenters. The maximum absolute atomic E-state index is 13.4. The van der Waals surface area contributed by atoms with Gasteiger partial charge in [0, 0.05) is 18.4 Å². The molecule has 0 aliphatic heterocycles. The number of fused-ring (bicyclic) bond motifs is 1. The SMILES string of the molecule is O=C(Nc1nc(CCO)cs1)C(CC1CCCC1)c1ccc(-c2cccc3ccccc23)cc1. The number of hydrogen-bond donors (Lipinski definition) is 2. The number of carbonyl (C=O) groups is 1. The molecular weight excluding hydrogens is 440 g/mol. The Morgan fingerprint density at radius 2 is 1.79 bits per heavy atom. The van der Waals surface area contributed by atoms with E-state index in [1.54, 1.807) is 0 Å². The van der Waals surface area contributed by atoms with E-state index in [0.29, 0.717) is 17.5 Å². The Morgan fingerprint density at radius 3 is 2.59 bits per heavy atom. The molecule has 4 nitrogen and oxygen atoms in total. The van der Waals surface area contributed by atoms with Crippen LogP contribution in [0.3, 0.4) is 0 Å². The Kier molecular flexibility index (Phi) is 7.02. The lowest BCUT2D eigenvalue weighted by Crippen LogP contribution is -2.23. The number of aromatic nitrogens is 1. The summed E-state index contributed by atoms with van der Waals surface area (Å²) in [5.41, 5.74) is 4.24. The predicted octanol–water partition coefficient (Wildman–Crippen LogP) is 6.80. The molecule has 1 fully saturated rings. The zero-order valence-corrected chi connectivity index (χ0v) is 20.1. The van der Waals surface area contributed by atoms with Crippen LogP contribution in [-0.2, 0) is 11.2 Å². The fraction of sp³-hybridized carbons (Fsp3) is 0.310. The highest BCUT2D eigenvalue weighted by atomic mass is 32.1. The second-order valence-electron chi connectivity index (χ2n) is 9.19. The number of nitrogens with one attached hydrogen (secondary N) is 1. The second kappa shape index (κ2) is 10.5. The minimum absolute atomic E-state index is 0.00899. The Balaban J connectivity index is 1.40. The minimum atomic E-state index is -0.199. The summed E-state index contributed by atoms with van der Waals surface area (Å²) in [6.45, 7) is 0.0600. The summed E-state index contributed by atoms with van der Waals surface area (Å²) in [4.78, 5) is 17.9. The monoisotopic (exact) mass is 470 g/mol. The fourth-order valence-electron chi connectivity index (χ4n) is 5.13. The van der Waals surface area contributed by atoms with Gasteiger partial charge in [-0.3, -0.25) is 4.79 Å². The first-order valence-corrected chi connectivity index (χ1v) is 13.0. The zero-order valence-electron chi connectivity index (χ0n) is 19.2. The molecule has 5 heteroatoms. The number of aliphatic hydroxyl groups excluding tert-OH is 1. The van der Waals surface area contributed by atoms with E-state index >= 15 is 0 Å². The number of anilines is 1. The standard InChI is InChI=1S/C29H30N2O2S/c32-17-16-24-19-34-29(30-24)31-28(33)27(18-20-6-1-2-7-20)23-14-12-22(13-15-23)26-11-5-9-21-8-3-4-10-25(21)26/h3-5,8-15,19-20,27,32H,1-2,6-7,16-18H2,(H,30,31,33). The summed E-state index contributed by atoms with van der Waals surface area (Å²) >= 11 is 1.42. The maximum atomic E-state index is 13.4. The lowest BCUT2D eigenvalue weighted by molar-refractivity contribution is -0.118. The molecule has 0 bridgehead atoms. The molecule has 1 heterocycles. The fourth-order valence-corrected chi connectivity index (χ4v) is 5.88. The molecule has 1 saturated carbocycles. The van der Waals surface area contributed by atoms with Gasteiger partial charge in [0.1, 0.15) is 0 Å². The third kappa shape index (κ3) is 5.06. The maximum Gasteiger partial charge on any atom is 0.233 e. The van der Waals surface area contributed by atoms with Gasteiger partial charge in [-0.2, -0.15) is 0 Å². The first-order valence-electron chi connectivity index (χ1n) is 12.2. The summed E-state index contributed by atoms with van der Waals surface area (Å²) in [6, 6.07) is 23.4. The number of rotatable bonds is 8. The molecule has 1 aliphatic rings. The molecule has 3 aromatic carbocycles. The smallest absolute Gasteiger partial charge is 0.233 e. The Morgan fingerprint density at radius 1 is 1.03 bits per heavy atom. The Bertz CT molecular complexity index is 1250. The summed E-state index contributed by atoms with van der Waals surface area (Å²) in [7, 11) is 0. The number of nitrogens with zero attached hydrogens (tertiary/aromatic N) is 1. The molecule has 0 spiro atoms. The molecule has 0 radical (unpaired) electrons. The molecule has 34 heavy (non-hydrogen) atoms. The number of aliphatic hydroxyl groups is 1. The van der Waals surface area contributed by atoms with Crippen LogP contribution in [0.5, 0.6) is 0 Å². The van der Waals surface area contributed by atoms with Gasteiger partial charge >= 0.3 is 0 Å². The van der Waals surface area contributed by atoms with Gasteiger partial charge in [-0.25, -0.2) is 4.98 Å². The highest BCUT2D eigenvalue weighted by molar-refractivity contribution is 7.13. The van der Waals surface area contributed by atoms with E-state index in [4.69, 9.17) is 5.11 Å². The third-order valence-corrected chi connectivity index (χ3v) is 7.73. The van der Waals surface area contributed by atoms with Crippen molar-refractivity contribution in [2.75, 3.05) is 11.9 Å². The lowest BCUT2D eigenvalue weighted by atomic mass is 9.86. The van der Waals surface area contributed by atoms with Crippen molar-refractivity contribution in [1.82, 2.24) is 4.98 Å². The topological polar surface area (TPSA) is 62.2 Å². The molecule has 4 aromatic rings. The van der Waals surface area contributed by atoms with Gasteiger partial charge in [0.2, 0.25) is 5.91 Å². The predicted molar refractivity (Wildman–Crippen MR) is 140 cm³/mol. The number of benzene rings is 3. The van der Waals surface area contributed by atoms with E-state index in [0.717, 1.165) is 23.2 Å². The largest absolute Gasteiger partial charge is 0.396 e. The lowest BCUT2D eigenvalue weighted by Gasteiger charge is -2.20. The Hall–Kier alpha value is -3.02. The molecule has 0 saturated heterocycles. The second-order valence-corrected chi connectivity index (χ2v) is 10.1. The van der Waals surface area contributed by atoms with Crippen LogP contribution >= 0.6 is 11.3 Å². The van der Waals surface area contributed by atoms with Crippen molar-refractivity contribution in [2.24, 2.45) is 5.92 Å². The average Bonchev–Trinajstić information content (AvgIpc) is 3.55. The van der Waals surface area contributed by atoms with Crippen LogP contribution in [0.25, 0.3) is 21.9 Å². The van der Waals surface area contributed by atoms with Crippen LogP contribution < -0.4 is 5.32 Å². The number of amides is 1. The molecule has 174 valence electrons. The molecule has 5 rings (SSSR count). The molecule has 1 amide bonds. The number of carbonyl (C=O) groups excluding carboxylic acids is 1. The summed E-state index contributed by atoms with van der Waals surface area (Å²) < 4.78 is 0. The van der Waals surface area contributed by atoms with E-state index in [-0.39, 0.29) is 18.4 Å². The van der Waals surface area contributed by atoms with Crippen molar-refractivity contribution in [3.8, 4) is 11.1 Å². The summed E-state index contributed by atoms with van der Waals surface area (Å²) in [6.07, 6.45) is 6.30. The number of thiazole rings is 1. The normalized spacial score (nSPS) is 15.0. The van der Waals surface area contributed by atoms with E-state index < -0.39 is 0 Å². The van der Waals surface area contributed by atoms with Gasteiger partial charge in [0.25, 0.3) is 0 Å². The van der Waals surface area contributed by atoms with Crippen LogP contribution in [0, 0.1) is 5.92 Å². The van der Waals surface area contributed by atoms with Crippen molar-refractivity contribution in [1.29, 1.82) is 0 Å². The van der Waals surface area contributed by atoms with Crippen LogP contribution in [0.2, 0.25) is 0 Å². The van der Waals surface area contributed by atoms with E-state index in [9.17, 15) is 4.79 Å². The van der Waals surface area contributed by atoms with Crippen molar-refractivity contribution >= 4 is 33.1 Å². The first kappa shape index (κ1) is 22.8. The Labute approximate surface area is 204 Å². The van der Waals surface area contributed by atoms with Crippen molar-refractivity contribution in [2.45, 2.75) is 44.4 Å². The van der Waals surface area contributed by atoms with E-state index in [1.165, 1.54) is 53.4 Å². The van der Waals surface area contributed by atoms with Gasteiger partial charge in [-0.1, -0.05) is 92.4 Å². The van der Waals surface area contributed by atoms with Crippen LogP contribution in [0.1, 0.15) is 49.3 Å². The van der Waals surface area contributed by atoms with Crippen LogP contribution in [0.15, 0.2) is 72.1 Å². The van der Waals surface area contributed by atoms with E-state index in [2.05, 4.69) is 77.0 Å². The van der Waals surface area contributed by atoms with Crippen LogP contribution in [-0.4, -0.2) is 22.6 Å². The van der Waals surface area contributed by atoms with Gasteiger partial charge in [-0.05, 0) is 39.8 Å². The molecule has 2 N–H and O–H groups in total. The molecule has 1 aromatic heterocycles. The first-order chi connectivity index (χ1) is 16.7. The van der Waals surface area contributed by atoms with Gasteiger partial charge in [0.15, 0.2) is 5.13 Å². The molecular formula is C29H30N2O2S. The van der Waals surface area contributed by atoms with Gasteiger partial charge < -0.3 is 10.4 Å². The average molecular weight is 471 g/mol. The highest BCUT2D eigenvalue weighted by Gasteiger charge is 2.27. The zero-order chi connectivity index (χ0) is 23.3. The van der Waals surface area contributed by atoms with Gasteiger partial charge in [0.05, 0.1) is 11.6 Å². The van der Waals surface area contributed by atoms with E-state index in [1.807, 2.05) is 5.38 Å². The summed E-state index contributed by atoms with van der Waals surface area (Å²) in [5, 5.41) is 17.2. The van der Waals surface area contributed by atoms with Crippen molar-refractivity contribution in [3.63, 3.8) is 0 Å².